The molecule has 0 spiro atoms. The quantitative estimate of drug-likeness (QED) is 0.0625. The first kappa shape index (κ1) is 37.9. The van der Waals surface area contributed by atoms with E-state index in [-0.39, 0.29) is 0 Å². The van der Waals surface area contributed by atoms with E-state index >= 15 is 0 Å². The zero-order valence-corrected chi connectivity index (χ0v) is 27.0. The van der Waals surface area contributed by atoms with Crippen molar-refractivity contribution in [3.63, 3.8) is 0 Å². The molecule has 0 aromatic rings. The lowest BCUT2D eigenvalue weighted by atomic mass is 10.0. The molecule has 0 fully saturated rings. The second-order valence-electron chi connectivity index (χ2n) is 11.6. The van der Waals surface area contributed by atoms with E-state index in [1.54, 1.807) is 0 Å². The highest BCUT2D eigenvalue weighted by Gasteiger charge is 2.06. The molecule has 0 N–H and O–H groups in total. The maximum Gasteiger partial charge on any atom is 0.0571 e. The van der Waals surface area contributed by atoms with E-state index in [4.69, 9.17) is 4.74 Å². The van der Waals surface area contributed by atoms with E-state index in [0.29, 0.717) is 6.10 Å². The van der Waals surface area contributed by atoms with Gasteiger partial charge in [-0.15, -0.1) is 0 Å². The molecule has 0 atom stereocenters. The Morgan fingerprint density at radius 2 is 0.692 bits per heavy atom. The number of ether oxygens (including phenoxy) is 1. The predicted molar refractivity (Wildman–Crippen MR) is 179 cm³/mol. The first-order valence-electron chi connectivity index (χ1n) is 17.5. The van der Waals surface area contributed by atoms with E-state index in [1.165, 1.54) is 154 Å². The van der Waals surface area contributed by atoms with Gasteiger partial charge in [0.2, 0.25) is 0 Å². The summed E-state index contributed by atoms with van der Waals surface area (Å²) in [6, 6.07) is 0. The Kier molecular flexibility index (Phi) is 34.0. The number of rotatable bonds is 31. The summed E-state index contributed by atoms with van der Waals surface area (Å²) >= 11 is 0. The SMILES string of the molecule is CCCCC/C=C\C/C=C\CCCCCCCCC(CCCCCCCC/C=C\C/C=C\CCCCC)OC. The van der Waals surface area contributed by atoms with Crippen molar-refractivity contribution in [3.05, 3.63) is 48.6 Å². The topological polar surface area (TPSA) is 9.23 Å². The number of allylic oxidation sites excluding steroid dienone is 8. The number of unbranched alkanes of at least 4 members (excludes halogenated alkanes) is 18. The predicted octanol–water partition coefficient (Wildman–Crippen LogP) is 13.4. The summed E-state index contributed by atoms with van der Waals surface area (Å²) in [7, 11) is 1.91. The molecule has 0 saturated heterocycles. The van der Waals surface area contributed by atoms with Crippen molar-refractivity contribution in [3.8, 4) is 0 Å². The summed E-state index contributed by atoms with van der Waals surface area (Å²) in [6.07, 6.45) is 53.6. The molecule has 0 aliphatic heterocycles. The molecule has 0 aromatic carbocycles. The second kappa shape index (κ2) is 34.9. The minimum Gasteiger partial charge on any atom is -0.381 e. The summed E-state index contributed by atoms with van der Waals surface area (Å²) in [5, 5.41) is 0. The van der Waals surface area contributed by atoms with Crippen LogP contribution in [0.1, 0.15) is 181 Å². The molecule has 0 heterocycles. The van der Waals surface area contributed by atoms with Gasteiger partial charge in [0, 0.05) is 7.11 Å². The number of methoxy groups -OCH3 is 1. The van der Waals surface area contributed by atoms with Gasteiger partial charge in [-0.2, -0.15) is 0 Å². The van der Waals surface area contributed by atoms with Crippen LogP contribution in [-0.2, 0) is 4.74 Å². The summed E-state index contributed by atoms with van der Waals surface area (Å²) in [5.41, 5.74) is 0. The number of hydrogen-bond acceptors (Lipinski definition) is 1. The van der Waals surface area contributed by atoms with Crippen LogP contribution in [0, 0.1) is 0 Å². The van der Waals surface area contributed by atoms with Gasteiger partial charge in [0.05, 0.1) is 6.10 Å². The van der Waals surface area contributed by atoms with Crippen LogP contribution in [0.4, 0.5) is 0 Å². The first-order chi connectivity index (χ1) is 19.3. The standard InChI is InChI=1S/C38H70O/c1-4-6-8-10-12-14-16-18-20-22-24-26-28-30-32-34-36-38(39-3)37-35-33-31-29-27-25-23-21-19-17-15-13-11-9-7-5-2/h12-15,18-21,38H,4-11,16-17,22-37H2,1-3H3/b14-12-,15-13-,20-18-,21-19-. The Morgan fingerprint density at radius 3 is 1.03 bits per heavy atom. The molecule has 39 heavy (non-hydrogen) atoms. The molecular formula is C38H70O. The van der Waals surface area contributed by atoms with Gasteiger partial charge >= 0.3 is 0 Å². The van der Waals surface area contributed by atoms with Gasteiger partial charge in [-0.3, -0.25) is 0 Å². The van der Waals surface area contributed by atoms with Crippen molar-refractivity contribution < 1.29 is 4.74 Å². The third-order valence-corrected chi connectivity index (χ3v) is 7.79. The highest BCUT2D eigenvalue weighted by Crippen LogP contribution is 2.17. The van der Waals surface area contributed by atoms with E-state index in [9.17, 15) is 0 Å². The molecule has 0 saturated carbocycles. The fourth-order valence-electron chi connectivity index (χ4n) is 5.10. The van der Waals surface area contributed by atoms with E-state index in [0.717, 1.165) is 12.8 Å². The summed E-state index contributed by atoms with van der Waals surface area (Å²) in [5.74, 6) is 0. The molecule has 1 nitrogen and oxygen atoms in total. The third kappa shape index (κ3) is 33.0. The van der Waals surface area contributed by atoms with E-state index < -0.39 is 0 Å². The van der Waals surface area contributed by atoms with Crippen LogP contribution in [0.25, 0.3) is 0 Å². The molecule has 0 bridgehead atoms. The molecule has 1 heteroatoms. The lowest BCUT2D eigenvalue weighted by molar-refractivity contribution is 0.0831. The minimum absolute atomic E-state index is 0.488. The van der Waals surface area contributed by atoms with Crippen molar-refractivity contribution in [1.82, 2.24) is 0 Å². The van der Waals surface area contributed by atoms with Crippen molar-refractivity contribution in [2.75, 3.05) is 7.11 Å². The Hall–Kier alpha value is -1.08. The van der Waals surface area contributed by atoms with Crippen molar-refractivity contribution >= 4 is 0 Å². The van der Waals surface area contributed by atoms with Gasteiger partial charge in [0.25, 0.3) is 0 Å². The van der Waals surface area contributed by atoms with Crippen molar-refractivity contribution in [1.29, 1.82) is 0 Å². The van der Waals surface area contributed by atoms with Crippen molar-refractivity contribution in [2.24, 2.45) is 0 Å². The molecule has 0 aliphatic carbocycles. The first-order valence-corrected chi connectivity index (χ1v) is 17.5. The zero-order valence-electron chi connectivity index (χ0n) is 27.0. The average molecular weight is 543 g/mol. The molecule has 0 amide bonds. The monoisotopic (exact) mass is 543 g/mol. The molecule has 0 aromatic heterocycles. The maximum atomic E-state index is 5.77. The van der Waals surface area contributed by atoms with E-state index in [1.807, 2.05) is 7.11 Å². The fourth-order valence-corrected chi connectivity index (χ4v) is 5.10. The van der Waals surface area contributed by atoms with Crippen LogP contribution in [0.15, 0.2) is 48.6 Å². The maximum absolute atomic E-state index is 5.77. The lowest BCUT2D eigenvalue weighted by Gasteiger charge is -2.15. The van der Waals surface area contributed by atoms with Gasteiger partial charge in [0.1, 0.15) is 0 Å². The summed E-state index contributed by atoms with van der Waals surface area (Å²) in [4.78, 5) is 0. The Balaban J connectivity index is 3.41. The van der Waals surface area contributed by atoms with Crippen LogP contribution < -0.4 is 0 Å². The largest absolute Gasteiger partial charge is 0.381 e. The number of hydrogen-bond donors (Lipinski definition) is 0. The average Bonchev–Trinajstić information content (AvgIpc) is 2.95. The van der Waals surface area contributed by atoms with Crippen LogP contribution in [-0.4, -0.2) is 13.2 Å². The highest BCUT2D eigenvalue weighted by atomic mass is 16.5. The van der Waals surface area contributed by atoms with Gasteiger partial charge in [-0.1, -0.05) is 152 Å². The van der Waals surface area contributed by atoms with Crippen LogP contribution in [0.3, 0.4) is 0 Å². The molecule has 0 aliphatic rings. The minimum atomic E-state index is 0.488. The third-order valence-electron chi connectivity index (χ3n) is 7.79. The van der Waals surface area contributed by atoms with Gasteiger partial charge in [-0.05, 0) is 77.0 Å². The smallest absolute Gasteiger partial charge is 0.0571 e. The lowest BCUT2D eigenvalue weighted by Crippen LogP contribution is -2.10. The van der Waals surface area contributed by atoms with Crippen LogP contribution >= 0.6 is 0 Å². The Bertz CT molecular complexity index is 507. The van der Waals surface area contributed by atoms with Gasteiger partial charge in [0.15, 0.2) is 0 Å². The summed E-state index contributed by atoms with van der Waals surface area (Å²) in [6.45, 7) is 4.54. The zero-order chi connectivity index (χ0) is 28.3. The second-order valence-corrected chi connectivity index (χ2v) is 11.6. The van der Waals surface area contributed by atoms with Gasteiger partial charge in [-0.25, -0.2) is 0 Å². The molecule has 228 valence electrons. The van der Waals surface area contributed by atoms with Crippen molar-refractivity contribution in [2.45, 2.75) is 187 Å². The molecule has 0 rings (SSSR count). The van der Waals surface area contributed by atoms with Crippen LogP contribution in [0.5, 0.6) is 0 Å². The van der Waals surface area contributed by atoms with Gasteiger partial charge < -0.3 is 4.74 Å². The molecular weight excluding hydrogens is 472 g/mol. The summed E-state index contributed by atoms with van der Waals surface area (Å²) < 4.78 is 5.77. The molecule has 0 radical (unpaired) electrons. The molecule has 0 unspecified atom stereocenters. The fraction of sp³-hybridized carbons (Fsp3) is 0.789. The Labute approximate surface area is 247 Å². The normalized spacial score (nSPS) is 12.5. The Morgan fingerprint density at radius 1 is 0.385 bits per heavy atom. The highest BCUT2D eigenvalue weighted by molar-refractivity contribution is 4.93. The van der Waals surface area contributed by atoms with E-state index in [2.05, 4.69) is 62.5 Å². The van der Waals surface area contributed by atoms with Crippen LogP contribution in [0.2, 0.25) is 0 Å².